The van der Waals surface area contributed by atoms with Gasteiger partial charge in [0.25, 0.3) is 0 Å². The SMILES string of the molecule is CCOC(=O)c1c(Br)cc(N)cc1OC(F)F. The molecule has 0 heterocycles. The summed E-state index contributed by atoms with van der Waals surface area (Å²) in [4.78, 5) is 11.6. The largest absolute Gasteiger partial charge is 0.462 e. The third-order valence-corrected chi connectivity index (χ3v) is 2.40. The van der Waals surface area contributed by atoms with Crippen molar-refractivity contribution in [1.82, 2.24) is 0 Å². The van der Waals surface area contributed by atoms with Crippen LogP contribution >= 0.6 is 15.9 Å². The highest BCUT2D eigenvalue weighted by Gasteiger charge is 2.21. The summed E-state index contributed by atoms with van der Waals surface area (Å²) in [7, 11) is 0. The molecule has 0 aliphatic rings. The van der Waals surface area contributed by atoms with Crippen molar-refractivity contribution >= 4 is 27.6 Å². The number of benzene rings is 1. The third-order valence-electron chi connectivity index (χ3n) is 1.77. The highest BCUT2D eigenvalue weighted by atomic mass is 79.9. The third kappa shape index (κ3) is 3.55. The Morgan fingerprint density at radius 1 is 1.53 bits per heavy atom. The van der Waals surface area contributed by atoms with Crippen LogP contribution < -0.4 is 10.5 Å². The van der Waals surface area contributed by atoms with Gasteiger partial charge in [0.1, 0.15) is 11.3 Å². The molecule has 1 rings (SSSR count). The molecule has 0 amide bonds. The lowest BCUT2D eigenvalue weighted by Gasteiger charge is -2.12. The maximum absolute atomic E-state index is 12.2. The molecule has 1 aromatic rings. The van der Waals surface area contributed by atoms with Crippen molar-refractivity contribution in [3.8, 4) is 5.75 Å². The van der Waals surface area contributed by atoms with E-state index in [1.807, 2.05) is 0 Å². The van der Waals surface area contributed by atoms with Crippen LogP contribution in [0.4, 0.5) is 14.5 Å². The quantitative estimate of drug-likeness (QED) is 0.686. The molecule has 0 bridgehead atoms. The Morgan fingerprint density at radius 3 is 2.71 bits per heavy atom. The zero-order chi connectivity index (χ0) is 13.0. The average molecular weight is 310 g/mol. The fourth-order valence-corrected chi connectivity index (χ4v) is 1.81. The smallest absolute Gasteiger partial charge is 0.387 e. The van der Waals surface area contributed by atoms with Gasteiger partial charge in [-0.25, -0.2) is 4.79 Å². The van der Waals surface area contributed by atoms with E-state index in [9.17, 15) is 13.6 Å². The Balaban J connectivity index is 3.20. The predicted molar refractivity (Wildman–Crippen MR) is 61.1 cm³/mol. The normalized spacial score (nSPS) is 10.4. The van der Waals surface area contributed by atoms with E-state index in [0.717, 1.165) is 6.07 Å². The van der Waals surface area contributed by atoms with Gasteiger partial charge in [-0.05, 0) is 28.9 Å². The summed E-state index contributed by atoms with van der Waals surface area (Å²) in [6, 6.07) is 2.55. The standard InChI is InChI=1S/C10H10BrF2NO3/c1-2-16-9(15)8-6(11)3-5(14)4-7(8)17-10(12)13/h3-4,10H,2,14H2,1H3. The van der Waals surface area contributed by atoms with Crippen LogP contribution in [0.2, 0.25) is 0 Å². The molecule has 0 aromatic heterocycles. The number of alkyl halides is 2. The minimum absolute atomic E-state index is 0.110. The zero-order valence-electron chi connectivity index (χ0n) is 8.88. The van der Waals surface area contributed by atoms with Crippen LogP contribution in [0.3, 0.4) is 0 Å². The number of halogens is 3. The zero-order valence-corrected chi connectivity index (χ0v) is 10.5. The number of esters is 1. The van der Waals surface area contributed by atoms with E-state index in [2.05, 4.69) is 20.7 Å². The number of hydrogen-bond acceptors (Lipinski definition) is 4. The minimum atomic E-state index is -3.04. The number of carbonyl (C=O) groups excluding carboxylic acids is 1. The van der Waals surface area contributed by atoms with Gasteiger partial charge in [-0.2, -0.15) is 8.78 Å². The van der Waals surface area contributed by atoms with Gasteiger partial charge in [0.2, 0.25) is 0 Å². The number of rotatable bonds is 4. The maximum atomic E-state index is 12.2. The molecule has 7 heteroatoms. The van der Waals surface area contributed by atoms with E-state index in [1.165, 1.54) is 6.07 Å². The summed E-state index contributed by atoms with van der Waals surface area (Å²) >= 11 is 3.05. The lowest BCUT2D eigenvalue weighted by molar-refractivity contribution is -0.0504. The number of nitrogens with two attached hydrogens (primary N) is 1. The Kier molecular flexibility index (Phi) is 4.68. The second-order valence-corrected chi connectivity index (χ2v) is 3.83. The summed E-state index contributed by atoms with van der Waals surface area (Å²) in [5.41, 5.74) is 5.56. The van der Waals surface area contributed by atoms with E-state index in [-0.39, 0.29) is 28.1 Å². The summed E-state index contributed by atoms with van der Waals surface area (Å²) < 4.78 is 33.6. The number of hydrogen-bond donors (Lipinski definition) is 1. The molecule has 0 radical (unpaired) electrons. The molecule has 0 saturated heterocycles. The van der Waals surface area contributed by atoms with E-state index < -0.39 is 12.6 Å². The Labute approximate surface area is 105 Å². The van der Waals surface area contributed by atoms with Gasteiger partial charge in [-0.15, -0.1) is 0 Å². The van der Waals surface area contributed by atoms with E-state index >= 15 is 0 Å². The Bertz CT molecular complexity index is 426. The maximum Gasteiger partial charge on any atom is 0.387 e. The summed E-state index contributed by atoms with van der Waals surface area (Å²) in [5.74, 6) is -1.07. The van der Waals surface area contributed by atoms with Crippen molar-refractivity contribution < 1.29 is 23.0 Å². The number of nitrogen functional groups attached to an aromatic ring is 1. The molecule has 0 unspecified atom stereocenters. The second kappa shape index (κ2) is 5.81. The van der Waals surface area contributed by atoms with Gasteiger partial charge in [-0.3, -0.25) is 0 Å². The molecular formula is C10H10BrF2NO3. The first kappa shape index (κ1) is 13.7. The van der Waals surface area contributed by atoms with Crippen molar-refractivity contribution in [2.24, 2.45) is 0 Å². The molecule has 1 aromatic carbocycles. The minimum Gasteiger partial charge on any atom is -0.462 e. The van der Waals surface area contributed by atoms with Crippen LogP contribution in [0.25, 0.3) is 0 Å². The molecule has 94 valence electrons. The van der Waals surface area contributed by atoms with Gasteiger partial charge in [0.15, 0.2) is 0 Å². The summed E-state index contributed by atoms with van der Waals surface area (Å²) in [5, 5.41) is 0. The van der Waals surface area contributed by atoms with Crippen molar-refractivity contribution in [2.45, 2.75) is 13.5 Å². The van der Waals surface area contributed by atoms with Crippen LogP contribution in [0.15, 0.2) is 16.6 Å². The highest BCUT2D eigenvalue weighted by Crippen LogP contribution is 2.31. The lowest BCUT2D eigenvalue weighted by Crippen LogP contribution is -2.12. The number of anilines is 1. The van der Waals surface area contributed by atoms with Gasteiger partial charge in [0, 0.05) is 16.2 Å². The van der Waals surface area contributed by atoms with Gasteiger partial charge in [-0.1, -0.05) is 0 Å². The second-order valence-electron chi connectivity index (χ2n) is 2.97. The Morgan fingerprint density at radius 2 is 2.18 bits per heavy atom. The first-order valence-corrected chi connectivity index (χ1v) is 5.46. The first-order chi connectivity index (χ1) is 7.95. The molecule has 0 fully saturated rings. The van der Waals surface area contributed by atoms with Gasteiger partial charge < -0.3 is 15.2 Å². The first-order valence-electron chi connectivity index (χ1n) is 4.66. The van der Waals surface area contributed by atoms with Crippen molar-refractivity contribution in [3.63, 3.8) is 0 Å². The number of ether oxygens (including phenoxy) is 2. The number of carbonyl (C=O) groups is 1. The van der Waals surface area contributed by atoms with E-state index in [0.29, 0.717) is 0 Å². The summed E-state index contributed by atoms with van der Waals surface area (Å²) in [6.07, 6.45) is 0. The average Bonchev–Trinajstić information content (AvgIpc) is 2.15. The molecule has 4 nitrogen and oxygen atoms in total. The molecule has 2 N–H and O–H groups in total. The van der Waals surface area contributed by atoms with Crippen LogP contribution in [-0.4, -0.2) is 19.2 Å². The fourth-order valence-electron chi connectivity index (χ4n) is 1.19. The molecule has 0 atom stereocenters. The predicted octanol–water partition coefficient (Wildman–Crippen LogP) is 2.81. The molecule has 0 saturated carbocycles. The van der Waals surface area contributed by atoms with Crippen LogP contribution in [0, 0.1) is 0 Å². The van der Waals surface area contributed by atoms with Crippen LogP contribution in [0.1, 0.15) is 17.3 Å². The summed E-state index contributed by atoms with van der Waals surface area (Å²) in [6.45, 7) is -1.31. The van der Waals surface area contributed by atoms with Gasteiger partial charge in [0.05, 0.1) is 6.61 Å². The van der Waals surface area contributed by atoms with Crippen LogP contribution in [0.5, 0.6) is 5.75 Å². The van der Waals surface area contributed by atoms with Crippen molar-refractivity contribution in [2.75, 3.05) is 12.3 Å². The van der Waals surface area contributed by atoms with Crippen molar-refractivity contribution in [1.29, 1.82) is 0 Å². The van der Waals surface area contributed by atoms with Crippen molar-refractivity contribution in [3.05, 3.63) is 22.2 Å². The lowest BCUT2D eigenvalue weighted by atomic mass is 10.2. The molecule has 0 aliphatic heterocycles. The monoisotopic (exact) mass is 309 g/mol. The Hall–Kier alpha value is -1.37. The van der Waals surface area contributed by atoms with E-state index in [4.69, 9.17) is 10.5 Å². The highest BCUT2D eigenvalue weighted by molar-refractivity contribution is 9.10. The fraction of sp³-hybridized carbons (Fsp3) is 0.300. The van der Waals surface area contributed by atoms with Crippen LogP contribution in [-0.2, 0) is 4.74 Å². The molecule has 17 heavy (non-hydrogen) atoms. The molecule has 0 aliphatic carbocycles. The molecule has 0 spiro atoms. The molecular weight excluding hydrogens is 300 g/mol. The van der Waals surface area contributed by atoms with Gasteiger partial charge >= 0.3 is 12.6 Å². The topological polar surface area (TPSA) is 61.5 Å². The van der Waals surface area contributed by atoms with E-state index in [1.54, 1.807) is 6.92 Å².